The monoisotopic (exact) mass is 282 g/mol. The Morgan fingerprint density at radius 1 is 1.53 bits per heavy atom. The topological polar surface area (TPSA) is 131 Å². The van der Waals surface area contributed by atoms with Crippen molar-refractivity contribution in [1.29, 1.82) is 0 Å². The van der Waals surface area contributed by atoms with Crippen LogP contribution in [0.1, 0.15) is 5.56 Å². The molecule has 0 aliphatic rings. The first-order valence-electron chi connectivity index (χ1n) is 4.99. The van der Waals surface area contributed by atoms with Crippen LogP contribution in [-0.2, 0) is 11.2 Å². The Hall–Kier alpha value is -2.55. The Balaban J connectivity index is 3.04. The highest BCUT2D eigenvalue weighted by molar-refractivity contribution is 7.80. The molecular formula is C10H10N4O4S. The van der Waals surface area contributed by atoms with Crippen LogP contribution in [0.4, 0.5) is 5.69 Å². The SMILES string of the molecule is NC(=S)NN=C(Cc1ccccc1[N+](=O)[O-])C(=O)O. The molecule has 0 spiro atoms. The highest BCUT2D eigenvalue weighted by Crippen LogP contribution is 2.18. The Morgan fingerprint density at radius 3 is 2.68 bits per heavy atom. The fraction of sp³-hybridized carbons (Fsp3) is 0.100. The zero-order valence-electron chi connectivity index (χ0n) is 9.57. The average molecular weight is 282 g/mol. The van der Waals surface area contributed by atoms with Gasteiger partial charge in [-0.05, 0) is 12.2 Å². The van der Waals surface area contributed by atoms with Crippen molar-refractivity contribution in [2.45, 2.75) is 6.42 Å². The Kier molecular flexibility index (Phi) is 4.89. The Labute approximate surface area is 113 Å². The minimum Gasteiger partial charge on any atom is -0.477 e. The number of aliphatic carboxylic acids is 1. The van der Waals surface area contributed by atoms with Gasteiger partial charge < -0.3 is 10.8 Å². The van der Waals surface area contributed by atoms with Gasteiger partial charge in [0.1, 0.15) is 5.71 Å². The molecule has 0 atom stereocenters. The molecule has 1 rings (SSSR count). The number of rotatable bonds is 5. The van der Waals surface area contributed by atoms with E-state index in [1.165, 1.54) is 18.2 Å². The molecule has 0 fully saturated rings. The second-order valence-corrected chi connectivity index (χ2v) is 3.84. The third-order valence-corrected chi connectivity index (χ3v) is 2.19. The molecule has 0 aliphatic carbocycles. The second kappa shape index (κ2) is 6.40. The van der Waals surface area contributed by atoms with Crippen molar-refractivity contribution in [1.82, 2.24) is 5.43 Å². The molecule has 0 saturated carbocycles. The molecule has 0 aliphatic heterocycles. The largest absolute Gasteiger partial charge is 0.477 e. The number of carboxylic acids is 1. The van der Waals surface area contributed by atoms with E-state index in [1.54, 1.807) is 6.07 Å². The van der Waals surface area contributed by atoms with Crippen molar-refractivity contribution in [2.24, 2.45) is 10.8 Å². The van der Waals surface area contributed by atoms with Gasteiger partial charge in [0.25, 0.3) is 5.69 Å². The van der Waals surface area contributed by atoms with Gasteiger partial charge in [0.05, 0.1) is 4.92 Å². The minimum absolute atomic E-state index is 0.174. The van der Waals surface area contributed by atoms with Crippen molar-refractivity contribution in [3.63, 3.8) is 0 Å². The summed E-state index contributed by atoms with van der Waals surface area (Å²) in [6.07, 6.45) is -0.220. The highest BCUT2D eigenvalue weighted by Gasteiger charge is 2.18. The molecule has 1 aromatic rings. The predicted molar refractivity (Wildman–Crippen MR) is 71.8 cm³/mol. The number of benzene rings is 1. The molecule has 9 heteroatoms. The lowest BCUT2D eigenvalue weighted by Gasteiger charge is -2.04. The number of carboxylic acid groups (broad SMARTS) is 1. The number of para-hydroxylation sites is 1. The van der Waals surface area contributed by atoms with Crippen molar-refractivity contribution in [2.75, 3.05) is 0 Å². The summed E-state index contributed by atoms with van der Waals surface area (Å²) < 4.78 is 0. The lowest BCUT2D eigenvalue weighted by atomic mass is 10.1. The molecule has 0 aromatic heterocycles. The van der Waals surface area contributed by atoms with Gasteiger partial charge in [-0.25, -0.2) is 4.79 Å². The molecule has 0 radical (unpaired) electrons. The van der Waals surface area contributed by atoms with Crippen LogP contribution in [0.25, 0.3) is 0 Å². The van der Waals surface area contributed by atoms with Crippen LogP contribution in [0.2, 0.25) is 0 Å². The van der Waals surface area contributed by atoms with Gasteiger partial charge in [0.15, 0.2) is 5.11 Å². The van der Waals surface area contributed by atoms with Crippen molar-refractivity contribution < 1.29 is 14.8 Å². The third kappa shape index (κ3) is 4.32. The van der Waals surface area contributed by atoms with Gasteiger partial charge >= 0.3 is 5.97 Å². The molecule has 100 valence electrons. The molecule has 0 unspecified atom stereocenters. The molecular weight excluding hydrogens is 272 g/mol. The maximum atomic E-state index is 11.0. The summed E-state index contributed by atoms with van der Waals surface area (Å²) in [6.45, 7) is 0. The molecule has 19 heavy (non-hydrogen) atoms. The van der Waals surface area contributed by atoms with Crippen molar-refractivity contribution in [3.8, 4) is 0 Å². The van der Waals surface area contributed by atoms with Crippen LogP contribution < -0.4 is 11.2 Å². The van der Waals surface area contributed by atoms with Crippen molar-refractivity contribution in [3.05, 3.63) is 39.9 Å². The first-order chi connectivity index (χ1) is 8.91. The summed E-state index contributed by atoms with van der Waals surface area (Å²) in [5.74, 6) is -1.32. The molecule has 4 N–H and O–H groups in total. The van der Waals surface area contributed by atoms with Crippen LogP contribution in [0, 0.1) is 10.1 Å². The van der Waals surface area contributed by atoms with Crippen LogP contribution in [0.5, 0.6) is 0 Å². The molecule has 0 amide bonds. The van der Waals surface area contributed by atoms with E-state index >= 15 is 0 Å². The number of hydrazone groups is 1. The molecule has 8 nitrogen and oxygen atoms in total. The second-order valence-electron chi connectivity index (χ2n) is 3.40. The Morgan fingerprint density at radius 2 is 2.16 bits per heavy atom. The number of thiocarbonyl (C=S) groups is 1. The summed E-state index contributed by atoms with van der Waals surface area (Å²) >= 11 is 4.49. The van der Waals surface area contributed by atoms with Crippen LogP contribution in [0.3, 0.4) is 0 Å². The van der Waals surface area contributed by atoms with Crippen LogP contribution in [0.15, 0.2) is 29.4 Å². The van der Waals surface area contributed by atoms with Gasteiger partial charge in [-0.3, -0.25) is 15.5 Å². The maximum Gasteiger partial charge on any atom is 0.352 e. The number of hydrogen-bond acceptors (Lipinski definition) is 5. The normalized spacial score (nSPS) is 10.8. The number of hydrogen-bond donors (Lipinski definition) is 3. The number of carbonyl (C=O) groups is 1. The van der Waals surface area contributed by atoms with Gasteiger partial charge in [-0.1, -0.05) is 18.2 Å². The smallest absolute Gasteiger partial charge is 0.352 e. The zero-order chi connectivity index (χ0) is 14.4. The number of nitro groups is 1. The van der Waals surface area contributed by atoms with Gasteiger partial charge in [-0.2, -0.15) is 5.10 Å². The summed E-state index contributed by atoms with van der Waals surface area (Å²) in [5.41, 5.74) is 7.00. The number of nitrogens with two attached hydrogens (primary N) is 1. The fourth-order valence-electron chi connectivity index (χ4n) is 1.30. The predicted octanol–water partition coefficient (Wildman–Crippen LogP) is 0.411. The van der Waals surface area contributed by atoms with E-state index in [2.05, 4.69) is 22.7 Å². The highest BCUT2D eigenvalue weighted by atomic mass is 32.1. The maximum absolute atomic E-state index is 11.0. The van der Waals surface area contributed by atoms with E-state index in [-0.39, 0.29) is 28.5 Å². The van der Waals surface area contributed by atoms with Crippen LogP contribution in [-0.4, -0.2) is 26.8 Å². The fourth-order valence-corrected chi connectivity index (χ4v) is 1.35. The first-order valence-corrected chi connectivity index (χ1v) is 5.40. The zero-order valence-corrected chi connectivity index (χ0v) is 10.4. The molecule has 0 heterocycles. The van der Waals surface area contributed by atoms with Crippen LogP contribution >= 0.6 is 12.2 Å². The standard InChI is InChI=1S/C10H10N4O4S/c11-10(19)13-12-7(9(15)16)5-6-3-1-2-4-8(6)14(17)18/h1-4H,5H2,(H,15,16)(H3,11,13,19). The van der Waals surface area contributed by atoms with E-state index in [9.17, 15) is 14.9 Å². The lowest BCUT2D eigenvalue weighted by molar-refractivity contribution is -0.385. The molecule has 1 aromatic carbocycles. The van der Waals surface area contributed by atoms with E-state index in [0.717, 1.165) is 0 Å². The number of nitro benzene ring substituents is 1. The van der Waals surface area contributed by atoms with Gasteiger partial charge in [0.2, 0.25) is 0 Å². The Bertz CT molecular complexity index is 558. The molecule has 0 bridgehead atoms. The summed E-state index contributed by atoms with van der Waals surface area (Å²) in [6, 6.07) is 5.81. The van der Waals surface area contributed by atoms with E-state index in [1.807, 2.05) is 0 Å². The van der Waals surface area contributed by atoms with E-state index in [4.69, 9.17) is 10.8 Å². The lowest BCUT2D eigenvalue weighted by Crippen LogP contribution is -2.28. The summed E-state index contributed by atoms with van der Waals surface area (Å²) in [5, 5.41) is 23.1. The number of nitrogens with zero attached hydrogens (tertiary/aromatic N) is 2. The first kappa shape index (κ1) is 14.5. The van der Waals surface area contributed by atoms with Crippen molar-refractivity contribution >= 4 is 34.7 Å². The van der Waals surface area contributed by atoms with E-state index < -0.39 is 10.9 Å². The summed E-state index contributed by atoms with van der Waals surface area (Å²) in [7, 11) is 0. The molecule has 0 saturated heterocycles. The van der Waals surface area contributed by atoms with E-state index in [0.29, 0.717) is 0 Å². The number of nitrogens with one attached hydrogen (secondary N) is 1. The van der Waals surface area contributed by atoms with Gasteiger partial charge in [0, 0.05) is 18.1 Å². The van der Waals surface area contributed by atoms with Gasteiger partial charge in [-0.15, -0.1) is 0 Å². The quantitative estimate of drug-likeness (QED) is 0.308. The average Bonchev–Trinajstić information content (AvgIpc) is 2.34. The minimum atomic E-state index is -1.32. The summed E-state index contributed by atoms with van der Waals surface area (Å²) in [4.78, 5) is 21.2. The third-order valence-electron chi connectivity index (χ3n) is 2.09.